The second-order valence-electron chi connectivity index (χ2n) is 8.04. The molecule has 1 amide bonds. The first kappa shape index (κ1) is 20.2. The lowest BCUT2D eigenvalue weighted by Crippen LogP contribution is -2.50. The Morgan fingerprint density at radius 3 is 2.46 bits per heavy atom. The van der Waals surface area contributed by atoms with E-state index in [0.29, 0.717) is 18.0 Å². The van der Waals surface area contributed by atoms with Gasteiger partial charge in [-0.2, -0.15) is 0 Å². The Morgan fingerprint density at radius 1 is 1.18 bits per heavy atom. The first-order valence-corrected chi connectivity index (χ1v) is 11.0. The molecule has 1 unspecified atom stereocenters. The molecule has 0 fully saturated rings. The summed E-state index contributed by atoms with van der Waals surface area (Å²) in [6.07, 6.45) is 0.233. The van der Waals surface area contributed by atoms with Gasteiger partial charge in [0.15, 0.2) is 6.10 Å². The fraction of sp³-hybridized carbons (Fsp3) is 0.381. The fourth-order valence-electron chi connectivity index (χ4n) is 3.07. The summed E-state index contributed by atoms with van der Waals surface area (Å²) in [6, 6.07) is 15.0. The zero-order valence-electron chi connectivity index (χ0n) is 16.6. The van der Waals surface area contributed by atoms with E-state index in [4.69, 9.17) is 4.74 Å². The van der Waals surface area contributed by atoms with Crippen LogP contribution in [-0.2, 0) is 26.8 Å². The minimum Gasteiger partial charge on any atom is -0.476 e. The van der Waals surface area contributed by atoms with Gasteiger partial charge >= 0.3 is 0 Å². The summed E-state index contributed by atoms with van der Waals surface area (Å²) >= 11 is 0. The maximum Gasteiger partial charge on any atom is 0.263 e. The van der Waals surface area contributed by atoms with Gasteiger partial charge in [-0.25, -0.2) is 8.42 Å². The van der Waals surface area contributed by atoms with E-state index < -0.39 is 16.1 Å². The summed E-state index contributed by atoms with van der Waals surface area (Å²) in [6.45, 7) is 6.48. The number of fused-ring (bicyclic) bond motifs is 1. The molecule has 1 heterocycles. The van der Waals surface area contributed by atoms with Crippen LogP contribution in [0, 0.1) is 0 Å². The van der Waals surface area contributed by atoms with Crippen LogP contribution < -0.4 is 14.4 Å². The Hall–Kier alpha value is -2.54. The standard InChI is InChI=1S/C21H26N2O4S/c1-21(2,3)16-10-11-18-17(12-16)23(28(4,25)26)14-19(27-18)20(24)22-13-15-8-6-5-7-9-15/h5-12,19H,13-14H2,1-4H3,(H,22,24). The minimum atomic E-state index is -3.56. The highest BCUT2D eigenvalue weighted by atomic mass is 32.2. The summed E-state index contributed by atoms with van der Waals surface area (Å²) in [5.41, 5.74) is 2.29. The van der Waals surface area contributed by atoms with Crippen molar-refractivity contribution < 1.29 is 17.9 Å². The summed E-state index contributed by atoms with van der Waals surface area (Å²) in [7, 11) is -3.56. The van der Waals surface area contributed by atoms with E-state index in [9.17, 15) is 13.2 Å². The van der Waals surface area contributed by atoms with Crippen LogP contribution in [0.15, 0.2) is 48.5 Å². The van der Waals surface area contributed by atoms with Gasteiger partial charge in [-0.1, -0.05) is 57.2 Å². The number of carbonyl (C=O) groups is 1. The number of nitrogens with zero attached hydrogens (tertiary/aromatic N) is 1. The average molecular weight is 403 g/mol. The second-order valence-corrected chi connectivity index (χ2v) is 9.94. The Morgan fingerprint density at radius 2 is 1.86 bits per heavy atom. The molecule has 0 saturated carbocycles. The Kier molecular flexibility index (Phi) is 5.39. The van der Waals surface area contributed by atoms with Crippen LogP contribution in [0.4, 0.5) is 5.69 Å². The van der Waals surface area contributed by atoms with Gasteiger partial charge in [0.1, 0.15) is 5.75 Å². The van der Waals surface area contributed by atoms with Crippen molar-refractivity contribution in [3.8, 4) is 5.75 Å². The van der Waals surface area contributed by atoms with Crippen molar-refractivity contribution in [2.75, 3.05) is 17.1 Å². The molecule has 0 bridgehead atoms. The maximum atomic E-state index is 12.6. The number of benzene rings is 2. The van der Waals surface area contributed by atoms with Crippen LogP contribution in [0.25, 0.3) is 0 Å². The van der Waals surface area contributed by atoms with Crippen LogP contribution >= 0.6 is 0 Å². The third-order valence-electron chi connectivity index (χ3n) is 4.70. The van der Waals surface area contributed by atoms with Crippen molar-refractivity contribution in [1.29, 1.82) is 0 Å². The van der Waals surface area contributed by atoms with Crippen LogP contribution in [0.2, 0.25) is 0 Å². The summed E-state index contributed by atoms with van der Waals surface area (Å²) in [5, 5.41) is 2.82. The Bertz CT molecular complexity index is 966. The number of nitrogens with one attached hydrogen (secondary N) is 1. The average Bonchev–Trinajstić information content (AvgIpc) is 2.64. The van der Waals surface area contributed by atoms with E-state index in [2.05, 4.69) is 26.1 Å². The molecule has 7 heteroatoms. The number of amides is 1. The van der Waals surface area contributed by atoms with Crippen LogP contribution in [-0.4, -0.2) is 33.2 Å². The van der Waals surface area contributed by atoms with Crippen molar-refractivity contribution in [3.05, 3.63) is 59.7 Å². The number of anilines is 1. The molecule has 150 valence electrons. The smallest absolute Gasteiger partial charge is 0.263 e. The number of carbonyl (C=O) groups excluding carboxylic acids is 1. The first-order chi connectivity index (χ1) is 13.1. The van der Waals surface area contributed by atoms with Gasteiger partial charge in [0.05, 0.1) is 18.5 Å². The van der Waals surface area contributed by atoms with Gasteiger partial charge < -0.3 is 10.1 Å². The maximum absolute atomic E-state index is 12.6. The van der Waals surface area contributed by atoms with Crippen LogP contribution in [0.1, 0.15) is 31.9 Å². The highest BCUT2D eigenvalue weighted by Crippen LogP contribution is 2.38. The highest BCUT2D eigenvalue weighted by molar-refractivity contribution is 7.92. The van der Waals surface area contributed by atoms with Crippen molar-refractivity contribution >= 4 is 21.6 Å². The van der Waals surface area contributed by atoms with Gasteiger partial charge in [-0.15, -0.1) is 0 Å². The molecule has 6 nitrogen and oxygen atoms in total. The largest absolute Gasteiger partial charge is 0.476 e. The van der Waals surface area contributed by atoms with E-state index in [-0.39, 0.29) is 17.9 Å². The molecular weight excluding hydrogens is 376 g/mol. The summed E-state index contributed by atoms with van der Waals surface area (Å²) in [5.74, 6) is 0.0487. The molecule has 2 aromatic carbocycles. The molecule has 28 heavy (non-hydrogen) atoms. The van der Waals surface area contributed by atoms with Gasteiger partial charge in [0.25, 0.3) is 5.91 Å². The number of hydrogen-bond acceptors (Lipinski definition) is 4. The molecule has 1 atom stereocenters. The Labute approximate surface area is 166 Å². The molecule has 3 rings (SSSR count). The lowest BCUT2D eigenvalue weighted by molar-refractivity contribution is -0.127. The molecule has 2 aromatic rings. The van der Waals surface area contributed by atoms with Gasteiger partial charge in [-0.05, 0) is 28.7 Å². The van der Waals surface area contributed by atoms with E-state index in [0.717, 1.165) is 17.4 Å². The fourth-order valence-corrected chi connectivity index (χ4v) is 3.97. The number of rotatable bonds is 4. The van der Waals surface area contributed by atoms with Crippen molar-refractivity contribution in [2.45, 2.75) is 38.8 Å². The SMILES string of the molecule is CC(C)(C)c1ccc2c(c1)N(S(C)(=O)=O)CC(C(=O)NCc1ccccc1)O2. The summed E-state index contributed by atoms with van der Waals surface area (Å²) < 4.78 is 31.9. The second kappa shape index (κ2) is 7.47. The molecule has 1 aliphatic rings. The Balaban J connectivity index is 1.85. The number of sulfonamides is 1. The molecule has 1 aliphatic heterocycles. The molecule has 0 spiro atoms. The first-order valence-electron chi connectivity index (χ1n) is 9.16. The third kappa shape index (κ3) is 4.47. The highest BCUT2D eigenvalue weighted by Gasteiger charge is 2.35. The third-order valence-corrected chi connectivity index (χ3v) is 5.84. The van der Waals surface area contributed by atoms with Gasteiger partial charge in [0, 0.05) is 6.54 Å². The predicted octanol–water partition coefficient (Wildman–Crippen LogP) is 2.83. The summed E-state index contributed by atoms with van der Waals surface area (Å²) in [4.78, 5) is 12.6. The van der Waals surface area contributed by atoms with E-state index >= 15 is 0 Å². The quantitative estimate of drug-likeness (QED) is 0.853. The van der Waals surface area contributed by atoms with E-state index in [1.165, 1.54) is 4.31 Å². The minimum absolute atomic E-state index is 0.0555. The molecule has 0 saturated heterocycles. The molecule has 1 N–H and O–H groups in total. The molecular formula is C21H26N2O4S. The number of hydrogen-bond donors (Lipinski definition) is 1. The number of ether oxygens (including phenoxy) is 1. The predicted molar refractivity (Wildman–Crippen MR) is 110 cm³/mol. The lowest BCUT2D eigenvalue weighted by atomic mass is 9.86. The molecule has 0 aliphatic carbocycles. The molecule has 0 aromatic heterocycles. The van der Waals surface area contributed by atoms with Crippen molar-refractivity contribution in [1.82, 2.24) is 5.32 Å². The van der Waals surface area contributed by atoms with Crippen LogP contribution in [0.3, 0.4) is 0 Å². The lowest BCUT2D eigenvalue weighted by Gasteiger charge is -2.35. The monoisotopic (exact) mass is 402 g/mol. The van der Waals surface area contributed by atoms with Crippen LogP contribution in [0.5, 0.6) is 5.75 Å². The topological polar surface area (TPSA) is 75.7 Å². The van der Waals surface area contributed by atoms with Gasteiger partial charge in [-0.3, -0.25) is 9.10 Å². The van der Waals surface area contributed by atoms with E-state index in [1.807, 2.05) is 42.5 Å². The molecule has 0 radical (unpaired) electrons. The zero-order valence-corrected chi connectivity index (χ0v) is 17.4. The van der Waals surface area contributed by atoms with Crippen molar-refractivity contribution in [3.63, 3.8) is 0 Å². The zero-order chi connectivity index (χ0) is 20.5. The van der Waals surface area contributed by atoms with Gasteiger partial charge in [0.2, 0.25) is 10.0 Å². The van der Waals surface area contributed by atoms with E-state index in [1.54, 1.807) is 6.07 Å². The normalized spacial score (nSPS) is 16.9. The van der Waals surface area contributed by atoms with Crippen molar-refractivity contribution in [2.24, 2.45) is 0 Å².